The molecular weight excluding hydrogens is 212 g/mol. The van der Waals surface area contributed by atoms with Crippen LogP contribution in [0.2, 0.25) is 0 Å². The van der Waals surface area contributed by atoms with Crippen molar-refractivity contribution in [3.8, 4) is 0 Å². The van der Waals surface area contributed by atoms with Crippen LogP contribution < -0.4 is 5.32 Å². The quantitative estimate of drug-likeness (QED) is 0.740. The molecule has 0 bridgehead atoms. The van der Waals surface area contributed by atoms with Crippen LogP contribution >= 0.6 is 11.6 Å². The first kappa shape index (κ1) is 11.2. The lowest BCUT2D eigenvalue weighted by atomic mass is 9.72. The average Bonchev–Trinajstić information content (AvgIpc) is 2.23. The van der Waals surface area contributed by atoms with Crippen molar-refractivity contribution in [2.24, 2.45) is 5.41 Å². The Hall–Kier alpha value is -0.280. The summed E-state index contributed by atoms with van der Waals surface area (Å²) in [5.41, 5.74) is 0.460. The van der Waals surface area contributed by atoms with Crippen molar-refractivity contribution >= 4 is 17.5 Å². The van der Waals surface area contributed by atoms with Gasteiger partial charge in [0.25, 0.3) is 0 Å². The molecular formula is C11H19ClN2O. The minimum absolute atomic E-state index is 0.291. The Balaban J connectivity index is 1.74. The van der Waals surface area contributed by atoms with Gasteiger partial charge < -0.3 is 10.2 Å². The summed E-state index contributed by atoms with van der Waals surface area (Å²) in [5.74, 6) is 0.883. The van der Waals surface area contributed by atoms with Gasteiger partial charge in [0.15, 0.2) is 0 Å². The lowest BCUT2D eigenvalue weighted by molar-refractivity contribution is -0.145. The summed E-state index contributed by atoms with van der Waals surface area (Å²) >= 11 is 5.57. The fraction of sp³-hybridized carbons (Fsp3) is 0.909. The molecule has 1 amide bonds. The molecule has 2 heterocycles. The smallest absolute Gasteiger partial charge is 0.222 e. The highest BCUT2D eigenvalue weighted by atomic mass is 35.5. The number of rotatable bonds is 3. The lowest BCUT2D eigenvalue weighted by Crippen LogP contribution is -2.61. The number of hydrogen-bond acceptors (Lipinski definition) is 2. The highest BCUT2D eigenvalue weighted by molar-refractivity contribution is 6.17. The van der Waals surface area contributed by atoms with Crippen LogP contribution in [0.3, 0.4) is 0 Å². The van der Waals surface area contributed by atoms with E-state index < -0.39 is 0 Å². The fourth-order valence-electron chi connectivity index (χ4n) is 2.59. The van der Waals surface area contributed by atoms with Crippen LogP contribution in [-0.2, 0) is 4.79 Å². The number of hydrogen-bond donors (Lipinski definition) is 1. The molecule has 0 saturated carbocycles. The summed E-state index contributed by atoms with van der Waals surface area (Å²) in [6.45, 7) is 4.19. The molecule has 0 aliphatic carbocycles. The van der Waals surface area contributed by atoms with Crippen LogP contribution in [0.1, 0.15) is 25.7 Å². The number of carbonyl (C=O) groups excluding carboxylic acids is 1. The van der Waals surface area contributed by atoms with Crippen LogP contribution in [0.25, 0.3) is 0 Å². The second-order valence-corrected chi connectivity index (χ2v) is 5.17. The number of nitrogens with zero attached hydrogens (tertiary/aromatic N) is 1. The van der Waals surface area contributed by atoms with Crippen LogP contribution in [0.15, 0.2) is 0 Å². The number of halogens is 1. The third-order valence-electron chi connectivity index (χ3n) is 3.59. The average molecular weight is 231 g/mol. The van der Waals surface area contributed by atoms with E-state index in [1.54, 1.807) is 0 Å². The maximum Gasteiger partial charge on any atom is 0.222 e. The van der Waals surface area contributed by atoms with E-state index in [1.165, 1.54) is 12.8 Å². The summed E-state index contributed by atoms with van der Waals surface area (Å²) in [6.07, 6.45) is 3.89. The fourth-order valence-corrected chi connectivity index (χ4v) is 2.72. The molecule has 86 valence electrons. The second-order valence-electron chi connectivity index (χ2n) is 4.79. The van der Waals surface area contributed by atoms with E-state index in [1.807, 2.05) is 4.90 Å². The van der Waals surface area contributed by atoms with Gasteiger partial charge in [-0.1, -0.05) is 0 Å². The number of carbonyl (C=O) groups is 1. The number of amides is 1. The van der Waals surface area contributed by atoms with E-state index in [-0.39, 0.29) is 0 Å². The molecule has 0 unspecified atom stereocenters. The molecule has 1 spiro atoms. The molecule has 15 heavy (non-hydrogen) atoms. The van der Waals surface area contributed by atoms with Crippen LogP contribution in [0.5, 0.6) is 0 Å². The van der Waals surface area contributed by atoms with Crippen molar-refractivity contribution < 1.29 is 4.79 Å². The zero-order chi connectivity index (χ0) is 10.7. The first-order chi connectivity index (χ1) is 7.26. The maximum absolute atomic E-state index is 11.7. The molecule has 1 N–H and O–H groups in total. The number of likely N-dealkylation sites (tertiary alicyclic amines) is 1. The normalized spacial score (nSPS) is 23.9. The molecule has 2 saturated heterocycles. The zero-order valence-electron chi connectivity index (χ0n) is 9.10. The minimum atomic E-state index is 0.291. The van der Waals surface area contributed by atoms with E-state index in [2.05, 4.69) is 5.32 Å². The van der Waals surface area contributed by atoms with Gasteiger partial charge in [0.05, 0.1) is 0 Å². The number of alkyl halides is 1. The Kier molecular flexibility index (Phi) is 3.52. The van der Waals surface area contributed by atoms with Gasteiger partial charge in [-0.25, -0.2) is 0 Å². The van der Waals surface area contributed by atoms with Crippen molar-refractivity contribution in [2.45, 2.75) is 25.7 Å². The summed E-state index contributed by atoms with van der Waals surface area (Å²) in [7, 11) is 0. The maximum atomic E-state index is 11.7. The Bertz CT molecular complexity index is 231. The van der Waals surface area contributed by atoms with Crippen molar-refractivity contribution in [1.82, 2.24) is 10.2 Å². The van der Waals surface area contributed by atoms with Crippen LogP contribution in [-0.4, -0.2) is 42.9 Å². The monoisotopic (exact) mass is 230 g/mol. The van der Waals surface area contributed by atoms with Crippen molar-refractivity contribution in [2.75, 3.05) is 32.1 Å². The molecule has 0 atom stereocenters. The molecule has 2 aliphatic rings. The molecule has 0 aromatic carbocycles. The SMILES string of the molecule is O=C(CCCCl)N1CC2(CCNCC2)C1. The van der Waals surface area contributed by atoms with Gasteiger partial charge in [-0.2, -0.15) is 0 Å². The Morgan fingerprint density at radius 1 is 1.33 bits per heavy atom. The molecule has 0 aromatic rings. The highest BCUT2D eigenvalue weighted by Gasteiger charge is 2.44. The Morgan fingerprint density at radius 2 is 2.00 bits per heavy atom. The first-order valence-electron chi connectivity index (χ1n) is 5.80. The lowest BCUT2D eigenvalue weighted by Gasteiger charge is -2.52. The molecule has 0 aromatic heterocycles. The predicted molar refractivity (Wildman–Crippen MR) is 61.1 cm³/mol. The van der Waals surface area contributed by atoms with Gasteiger partial charge in [-0.3, -0.25) is 4.79 Å². The van der Waals surface area contributed by atoms with Gasteiger partial charge >= 0.3 is 0 Å². The summed E-state index contributed by atoms with van der Waals surface area (Å²) in [4.78, 5) is 13.7. The molecule has 2 rings (SSSR count). The van der Waals surface area contributed by atoms with Gasteiger partial charge in [-0.15, -0.1) is 11.6 Å². The third-order valence-corrected chi connectivity index (χ3v) is 3.86. The van der Waals surface area contributed by atoms with E-state index in [0.717, 1.165) is 32.6 Å². The molecule has 3 nitrogen and oxygen atoms in total. The highest BCUT2D eigenvalue weighted by Crippen LogP contribution is 2.38. The van der Waals surface area contributed by atoms with Gasteiger partial charge in [0.1, 0.15) is 0 Å². The van der Waals surface area contributed by atoms with Crippen LogP contribution in [0, 0.1) is 5.41 Å². The standard InChI is InChI=1S/C11H19ClN2O/c12-5-1-2-10(15)14-8-11(9-14)3-6-13-7-4-11/h13H,1-9H2. The minimum Gasteiger partial charge on any atom is -0.341 e. The summed E-state index contributed by atoms with van der Waals surface area (Å²) in [6, 6.07) is 0. The molecule has 2 fully saturated rings. The molecule has 0 radical (unpaired) electrons. The first-order valence-corrected chi connectivity index (χ1v) is 6.34. The summed E-state index contributed by atoms with van der Waals surface area (Å²) in [5, 5.41) is 3.37. The molecule has 4 heteroatoms. The zero-order valence-corrected chi connectivity index (χ0v) is 9.85. The van der Waals surface area contributed by atoms with Gasteiger partial charge in [0.2, 0.25) is 5.91 Å². The topological polar surface area (TPSA) is 32.3 Å². The Labute approximate surface area is 96.2 Å². The predicted octanol–water partition coefficient (Wildman–Crippen LogP) is 1.22. The van der Waals surface area contributed by atoms with Gasteiger partial charge in [-0.05, 0) is 32.4 Å². The van der Waals surface area contributed by atoms with E-state index in [9.17, 15) is 4.79 Å². The molecule has 2 aliphatic heterocycles. The van der Waals surface area contributed by atoms with Gasteiger partial charge in [0, 0.05) is 30.8 Å². The number of nitrogens with one attached hydrogen (secondary N) is 1. The summed E-state index contributed by atoms with van der Waals surface area (Å²) < 4.78 is 0. The number of piperidine rings is 1. The third kappa shape index (κ3) is 2.45. The van der Waals surface area contributed by atoms with E-state index >= 15 is 0 Å². The van der Waals surface area contributed by atoms with E-state index in [4.69, 9.17) is 11.6 Å². The van der Waals surface area contributed by atoms with E-state index in [0.29, 0.717) is 23.6 Å². The Morgan fingerprint density at radius 3 is 2.60 bits per heavy atom. The van der Waals surface area contributed by atoms with Crippen molar-refractivity contribution in [1.29, 1.82) is 0 Å². The largest absolute Gasteiger partial charge is 0.341 e. The second kappa shape index (κ2) is 4.71. The van der Waals surface area contributed by atoms with Crippen molar-refractivity contribution in [3.63, 3.8) is 0 Å². The van der Waals surface area contributed by atoms with Crippen molar-refractivity contribution in [3.05, 3.63) is 0 Å². The van der Waals surface area contributed by atoms with Crippen LogP contribution in [0.4, 0.5) is 0 Å².